The van der Waals surface area contributed by atoms with Gasteiger partial charge in [-0.3, -0.25) is 0 Å². The van der Waals surface area contributed by atoms with Crippen LogP contribution >= 0.6 is 0 Å². The van der Waals surface area contributed by atoms with Gasteiger partial charge in [0.1, 0.15) is 0 Å². The molecule has 0 atom stereocenters. The predicted octanol–water partition coefficient (Wildman–Crippen LogP) is 0.0329. The van der Waals surface area contributed by atoms with Gasteiger partial charge >= 0.3 is 0 Å². The monoisotopic (exact) mass is 92.1 g/mol. The van der Waals surface area contributed by atoms with Crippen molar-refractivity contribution in [1.29, 1.82) is 0 Å². The highest BCUT2D eigenvalue weighted by atomic mass is 15.0. The Morgan fingerprint density at radius 1 is 0.833 bits per heavy atom. The zero-order valence-corrected chi connectivity index (χ0v) is 3.50. The zero-order chi connectivity index (χ0) is 3.58. The molecule has 0 aromatic heterocycles. The van der Waals surface area contributed by atoms with Gasteiger partial charge in [0, 0.05) is 0 Å². The Bertz CT molecular complexity index is 8.66. The molecule has 0 spiro atoms. The molecule has 0 aromatic rings. The number of quaternary nitrogens is 1. The van der Waals surface area contributed by atoms with Crippen LogP contribution in [0.5, 0.6) is 0 Å². The van der Waals surface area contributed by atoms with E-state index < -0.39 is 0 Å². The zero-order valence-electron chi connectivity index (χ0n) is 3.50. The second-order valence-electron chi connectivity index (χ2n) is 1.50. The summed E-state index contributed by atoms with van der Waals surface area (Å²) in [7, 11) is 6.25. The van der Waals surface area contributed by atoms with Gasteiger partial charge in [-0.25, -0.2) is 0 Å². The van der Waals surface area contributed by atoms with Crippen molar-refractivity contribution in [3.05, 3.63) is 0 Å². The van der Waals surface area contributed by atoms with Crippen LogP contribution in [0.3, 0.4) is 0 Å². The van der Waals surface area contributed by atoms with Gasteiger partial charge in [0.05, 0.1) is 21.1 Å². The molecule has 0 aliphatic carbocycles. The van der Waals surface area contributed by atoms with Gasteiger partial charge in [0.25, 0.3) is 0 Å². The van der Waals surface area contributed by atoms with Gasteiger partial charge in [-0.15, -0.1) is 0 Å². The van der Waals surface area contributed by atoms with E-state index in [4.69, 9.17) is 0 Å². The first kappa shape index (κ1) is 16.7. The molecular weight excluding hydrogens is 74.1 g/mol. The molecule has 1 N–H and O–H groups in total. The highest BCUT2D eigenvalue weighted by Crippen LogP contribution is 0.864. The molecule has 0 rings (SSSR count). The van der Waals surface area contributed by atoms with Crippen molar-refractivity contribution in [1.82, 2.24) is 0 Å². The van der Waals surface area contributed by atoms with E-state index in [1.165, 1.54) is 4.90 Å². The molecule has 0 amide bonds. The van der Waals surface area contributed by atoms with Crippen molar-refractivity contribution in [2.45, 2.75) is 14.9 Å². The minimum absolute atomic E-state index is 0. The van der Waals surface area contributed by atoms with Gasteiger partial charge in [0.2, 0.25) is 0 Å². The predicted molar refractivity (Wildman–Crippen MR) is 32.2 cm³/mol. The molecule has 0 aliphatic rings. The summed E-state index contributed by atoms with van der Waals surface area (Å²) in [5.74, 6) is 0. The second kappa shape index (κ2) is 8.88. The molecule has 1 nitrogen and oxygen atoms in total. The maximum atomic E-state index is 2.08. The van der Waals surface area contributed by atoms with Gasteiger partial charge in [-0.2, -0.15) is 0 Å². The van der Waals surface area contributed by atoms with Crippen molar-refractivity contribution in [2.75, 3.05) is 21.1 Å². The lowest BCUT2D eigenvalue weighted by atomic mass is 11.0. The third-order valence-electron chi connectivity index (χ3n) is 0. The normalized spacial score (nSPS) is 6.00. The Hall–Kier alpha value is -0.0400. The summed E-state index contributed by atoms with van der Waals surface area (Å²) >= 11 is 0. The smallest absolute Gasteiger partial charge is 0.0661 e. The van der Waals surface area contributed by atoms with E-state index in [1.807, 2.05) is 0 Å². The lowest BCUT2D eigenvalue weighted by Gasteiger charge is -1.88. The lowest BCUT2D eigenvalue weighted by molar-refractivity contribution is -0.836. The van der Waals surface area contributed by atoms with Crippen LogP contribution in [-0.2, 0) is 0 Å². The summed E-state index contributed by atoms with van der Waals surface area (Å²) in [4.78, 5) is 1.42. The quantitative estimate of drug-likeness (QED) is 0.430. The molecular formula is C5H18N+. The average molecular weight is 92.2 g/mol. The first-order valence-corrected chi connectivity index (χ1v) is 1.50. The summed E-state index contributed by atoms with van der Waals surface area (Å²) in [6.45, 7) is 0. The molecule has 0 aliphatic heterocycles. The van der Waals surface area contributed by atoms with E-state index >= 15 is 0 Å². The van der Waals surface area contributed by atoms with Crippen LogP contribution in [-0.4, -0.2) is 21.1 Å². The van der Waals surface area contributed by atoms with Gasteiger partial charge < -0.3 is 4.90 Å². The molecule has 0 heterocycles. The lowest BCUT2D eigenvalue weighted by Crippen LogP contribution is -3.02. The molecule has 0 radical (unpaired) electrons. The summed E-state index contributed by atoms with van der Waals surface area (Å²) in [6, 6.07) is 0. The van der Waals surface area contributed by atoms with Crippen LogP contribution in [0.1, 0.15) is 14.9 Å². The summed E-state index contributed by atoms with van der Waals surface area (Å²) < 4.78 is 0. The first-order chi connectivity index (χ1) is 1.73. The molecule has 0 bridgehead atoms. The maximum absolute atomic E-state index is 2.08. The fraction of sp³-hybridized carbons (Fsp3) is 1.00. The van der Waals surface area contributed by atoms with Gasteiger partial charge in [0.15, 0.2) is 0 Å². The topological polar surface area (TPSA) is 4.44 Å². The Morgan fingerprint density at radius 3 is 0.833 bits per heavy atom. The van der Waals surface area contributed by atoms with E-state index in [9.17, 15) is 0 Å². The third kappa shape index (κ3) is 21700. The summed E-state index contributed by atoms with van der Waals surface area (Å²) in [5.41, 5.74) is 0. The van der Waals surface area contributed by atoms with E-state index in [-0.39, 0.29) is 14.9 Å². The van der Waals surface area contributed by atoms with Crippen LogP contribution in [0, 0.1) is 0 Å². The highest BCUT2D eigenvalue weighted by molar-refractivity contribution is 3.59. The fourth-order valence-electron chi connectivity index (χ4n) is 0. The number of nitrogens with one attached hydrogen (secondary N) is 1. The van der Waals surface area contributed by atoms with Crippen molar-refractivity contribution in [3.63, 3.8) is 0 Å². The van der Waals surface area contributed by atoms with Gasteiger partial charge in [-0.05, 0) is 0 Å². The molecule has 0 saturated heterocycles. The largest absolute Gasteiger partial charge is 0.342 e. The average Bonchev–Trinajstić information content (AvgIpc) is 0.811. The molecule has 0 fully saturated rings. The number of hydrogen-bond donors (Lipinski definition) is 1. The second-order valence-corrected chi connectivity index (χ2v) is 1.50. The molecule has 42 valence electrons. The SMILES string of the molecule is C.C.C[NH+](C)C. The van der Waals surface area contributed by atoms with E-state index in [2.05, 4.69) is 21.1 Å². The molecule has 0 saturated carbocycles. The Kier molecular flexibility index (Phi) is 24.8. The Labute approximate surface area is 42.0 Å². The molecule has 1 heteroatoms. The van der Waals surface area contributed by atoms with E-state index in [1.54, 1.807) is 0 Å². The Balaban J connectivity index is -0.0000000450. The molecule has 0 unspecified atom stereocenters. The highest BCUT2D eigenvalue weighted by Gasteiger charge is 1.61. The number of rotatable bonds is 0. The maximum Gasteiger partial charge on any atom is 0.0661 e. The van der Waals surface area contributed by atoms with Crippen LogP contribution in [0.25, 0.3) is 0 Å². The van der Waals surface area contributed by atoms with Crippen molar-refractivity contribution in [3.8, 4) is 0 Å². The van der Waals surface area contributed by atoms with Crippen LogP contribution < -0.4 is 4.90 Å². The van der Waals surface area contributed by atoms with Crippen molar-refractivity contribution >= 4 is 0 Å². The van der Waals surface area contributed by atoms with Crippen LogP contribution in [0.15, 0.2) is 0 Å². The van der Waals surface area contributed by atoms with Crippen molar-refractivity contribution in [2.24, 2.45) is 0 Å². The standard InChI is InChI=1S/C3H9N.2CH4/c1-4(2)3;;/h1-3H3;2*1H4/p+1. The molecule has 6 heavy (non-hydrogen) atoms. The minimum atomic E-state index is 0. The summed E-state index contributed by atoms with van der Waals surface area (Å²) in [6.07, 6.45) is 0. The van der Waals surface area contributed by atoms with Gasteiger partial charge in [-0.1, -0.05) is 14.9 Å². The minimum Gasteiger partial charge on any atom is -0.342 e. The summed E-state index contributed by atoms with van der Waals surface area (Å²) in [5, 5.41) is 0. The van der Waals surface area contributed by atoms with Crippen LogP contribution in [0.4, 0.5) is 0 Å². The van der Waals surface area contributed by atoms with E-state index in [0.29, 0.717) is 0 Å². The Morgan fingerprint density at radius 2 is 0.833 bits per heavy atom. The molecule has 0 aromatic carbocycles. The van der Waals surface area contributed by atoms with Crippen LogP contribution in [0.2, 0.25) is 0 Å². The first-order valence-electron chi connectivity index (χ1n) is 1.50. The third-order valence-corrected chi connectivity index (χ3v) is 0. The van der Waals surface area contributed by atoms with Crippen molar-refractivity contribution < 1.29 is 4.90 Å². The fourth-order valence-corrected chi connectivity index (χ4v) is 0. The number of hydrogen-bond acceptors (Lipinski definition) is 0. The van der Waals surface area contributed by atoms with E-state index in [0.717, 1.165) is 0 Å².